The second-order valence-corrected chi connectivity index (χ2v) is 5.80. The average Bonchev–Trinajstić information content (AvgIpc) is 2.68. The Morgan fingerprint density at radius 3 is 2.04 bits per heavy atom. The Labute approximate surface area is 149 Å². The van der Waals surface area contributed by atoms with Crippen molar-refractivity contribution in [2.24, 2.45) is 0 Å². The Balaban J connectivity index is 0.000000316. The summed E-state index contributed by atoms with van der Waals surface area (Å²) in [5.74, 6) is 0.161. The number of nitrogens with zero attached hydrogens (tertiary/aromatic N) is 2. The molecule has 0 atom stereocenters. The maximum absolute atomic E-state index is 10.6. The van der Waals surface area contributed by atoms with Crippen molar-refractivity contribution >= 4 is 11.7 Å². The third kappa shape index (κ3) is 6.47. The van der Waals surface area contributed by atoms with Crippen LogP contribution in [-0.2, 0) is 4.79 Å². The highest BCUT2D eigenvalue weighted by atomic mass is 16.5. The maximum Gasteiger partial charge on any atom is 0.304 e. The number of benzene rings is 2. The highest BCUT2D eigenvalue weighted by Crippen LogP contribution is 2.28. The van der Waals surface area contributed by atoms with Gasteiger partial charge in [-0.05, 0) is 12.1 Å². The molecule has 25 heavy (non-hydrogen) atoms. The van der Waals surface area contributed by atoms with Gasteiger partial charge >= 0.3 is 5.97 Å². The van der Waals surface area contributed by atoms with E-state index in [4.69, 9.17) is 9.84 Å². The number of hydrogen-bond acceptors (Lipinski definition) is 4. The molecule has 1 heterocycles. The van der Waals surface area contributed by atoms with E-state index in [0.717, 1.165) is 37.6 Å². The summed E-state index contributed by atoms with van der Waals surface area (Å²) < 4.78 is 5.37. The van der Waals surface area contributed by atoms with Gasteiger partial charge < -0.3 is 14.7 Å². The quantitative estimate of drug-likeness (QED) is 0.905. The minimum Gasteiger partial charge on any atom is -0.495 e. The zero-order valence-corrected chi connectivity index (χ0v) is 14.7. The number of ether oxygens (including phenoxy) is 1. The lowest BCUT2D eigenvalue weighted by atomic mass is 10.2. The van der Waals surface area contributed by atoms with E-state index in [1.165, 1.54) is 0 Å². The van der Waals surface area contributed by atoms with Crippen LogP contribution in [0.25, 0.3) is 0 Å². The van der Waals surface area contributed by atoms with Gasteiger partial charge in [-0.1, -0.05) is 48.5 Å². The fraction of sp³-hybridized carbons (Fsp3) is 0.350. The summed E-state index contributed by atoms with van der Waals surface area (Å²) in [4.78, 5) is 15.0. The van der Waals surface area contributed by atoms with Gasteiger partial charge in [0.25, 0.3) is 0 Å². The number of carboxylic acid groups (broad SMARTS) is 1. The van der Waals surface area contributed by atoms with E-state index in [9.17, 15) is 4.79 Å². The van der Waals surface area contributed by atoms with E-state index >= 15 is 0 Å². The van der Waals surface area contributed by atoms with E-state index in [-0.39, 0.29) is 6.42 Å². The maximum atomic E-state index is 10.6. The van der Waals surface area contributed by atoms with Crippen molar-refractivity contribution in [3.8, 4) is 5.75 Å². The van der Waals surface area contributed by atoms with Crippen molar-refractivity contribution in [2.75, 3.05) is 44.7 Å². The Morgan fingerprint density at radius 1 is 0.960 bits per heavy atom. The standard InChI is InChI=1S/C14H20N2O3.C6H6/c1-19-13-5-3-2-4-12(13)16-10-8-15(9-11-16)7-6-14(17)18;1-2-4-6-5-3-1/h2-5H,6-11H2,1H3,(H,17,18);1-6H. The average molecular weight is 342 g/mol. The highest BCUT2D eigenvalue weighted by Gasteiger charge is 2.19. The highest BCUT2D eigenvalue weighted by molar-refractivity contribution is 5.66. The first-order chi connectivity index (χ1) is 12.2. The molecule has 1 aliphatic rings. The van der Waals surface area contributed by atoms with Gasteiger partial charge in [0.05, 0.1) is 19.2 Å². The summed E-state index contributed by atoms with van der Waals surface area (Å²) in [6.07, 6.45) is 0.217. The van der Waals surface area contributed by atoms with Crippen molar-refractivity contribution in [3.05, 3.63) is 60.7 Å². The summed E-state index contributed by atoms with van der Waals surface area (Å²) >= 11 is 0. The van der Waals surface area contributed by atoms with Crippen LogP contribution in [0.5, 0.6) is 5.75 Å². The van der Waals surface area contributed by atoms with Crippen molar-refractivity contribution in [1.82, 2.24) is 4.90 Å². The number of methoxy groups -OCH3 is 1. The summed E-state index contributed by atoms with van der Waals surface area (Å²) in [5.41, 5.74) is 1.11. The Morgan fingerprint density at radius 2 is 1.52 bits per heavy atom. The van der Waals surface area contributed by atoms with Crippen LogP contribution < -0.4 is 9.64 Å². The second-order valence-electron chi connectivity index (χ2n) is 5.80. The minimum atomic E-state index is -0.729. The molecule has 0 amide bonds. The van der Waals surface area contributed by atoms with Crippen molar-refractivity contribution in [3.63, 3.8) is 0 Å². The van der Waals surface area contributed by atoms with Crippen LogP contribution in [0.15, 0.2) is 60.7 Å². The predicted octanol–water partition coefficient (Wildman–Crippen LogP) is 2.98. The van der Waals surface area contributed by atoms with Gasteiger partial charge in [-0.3, -0.25) is 9.69 Å². The molecular weight excluding hydrogens is 316 g/mol. The first kappa shape index (κ1) is 18.8. The number of rotatable bonds is 5. The number of carbonyl (C=O) groups is 1. The van der Waals surface area contributed by atoms with E-state index in [0.29, 0.717) is 6.54 Å². The lowest BCUT2D eigenvalue weighted by Gasteiger charge is -2.36. The number of para-hydroxylation sites is 2. The van der Waals surface area contributed by atoms with Crippen LogP contribution >= 0.6 is 0 Å². The van der Waals surface area contributed by atoms with Crippen molar-refractivity contribution < 1.29 is 14.6 Å². The van der Waals surface area contributed by atoms with Gasteiger partial charge in [0.15, 0.2) is 0 Å². The monoisotopic (exact) mass is 342 g/mol. The minimum absolute atomic E-state index is 0.217. The molecule has 1 N–H and O–H groups in total. The van der Waals surface area contributed by atoms with Gasteiger partial charge in [-0.15, -0.1) is 0 Å². The number of anilines is 1. The van der Waals surface area contributed by atoms with Gasteiger partial charge in [-0.2, -0.15) is 0 Å². The SMILES string of the molecule is COc1ccccc1N1CCN(CCC(=O)O)CC1.c1ccccc1. The molecule has 1 fully saturated rings. The zero-order valence-electron chi connectivity index (χ0n) is 14.7. The molecule has 2 aromatic carbocycles. The molecule has 1 saturated heterocycles. The first-order valence-corrected chi connectivity index (χ1v) is 8.53. The lowest BCUT2D eigenvalue weighted by Crippen LogP contribution is -2.47. The van der Waals surface area contributed by atoms with Crippen LogP contribution in [0.3, 0.4) is 0 Å². The Bertz CT molecular complexity index is 599. The van der Waals surface area contributed by atoms with Crippen LogP contribution in [0, 0.1) is 0 Å². The summed E-state index contributed by atoms with van der Waals surface area (Å²) in [6, 6.07) is 20.0. The number of carboxylic acids is 1. The molecule has 3 rings (SSSR count). The van der Waals surface area contributed by atoms with Gasteiger partial charge in [0.2, 0.25) is 0 Å². The second kappa shape index (κ2) is 10.4. The normalized spacial score (nSPS) is 14.4. The van der Waals surface area contributed by atoms with Gasteiger partial charge in [0.1, 0.15) is 5.75 Å². The van der Waals surface area contributed by atoms with Crippen LogP contribution in [-0.4, -0.2) is 55.8 Å². The van der Waals surface area contributed by atoms with E-state index in [1.807, 2.05) is 54.6 Å². The van der Waals surface area contributed by atoms with Crippen LogP contribution in [0.1, 0.15) is 6.42 Å². The zero-order chi connectivity index (χ0) is 17.9. The number of hydrogen-bond donors (Lipinski definition) is 1. The molecular formula is C20H26N2O3. The van der Waals surface area contributed by atoms with E-state index in [2.05, 4.69) is 15.9 Å². The predicted molar refractivity (Wildman–Crippen MR) is 100 cm³/mol. The van der Waals surface area contributed by atoms with Crippen LogP contribution in [0.4, 0.5) is 5.69 Å². The first-order valence-electron chi connectivity index (χ1n) is 8.53. The number of piperazine rings is 1. The molecule has 0 spiro atoms. The van der Waals surface area contributed by atoms with Gasteiger partial charge in [-0.25, -0.2) is 0 Å². The fourth-order valence-corrected chi connectivity index (χ4v) is 2.74. The summed E-state index contributed by atoms with van der Waals surface area (Å²) in [7, 11) is 1.68. The smallest absolute Gasteiger partial charge is 0.304 e. The topological polar surface area (TPSA) is 53.0 Å². The lowest BCUT2D eigenvalue weighted by molar-refractivity contribution is -0.137. The van der Waals surface area contributed by atoms with Gasteiger partial charge in [0, 0.05) is 32.7 Å². The fourth-order valence-electron chi connectivity index (χ4n) is 2.74. The largest absolute Gasteiger partial charge is 0.495 e. The molecule has 5 nitrogen and oxygen atoms in total. The molecule has 0 unspecified atom stereocenters. The molecule has 2 aromatic rings. The molecule has 1 aliphatic heterocycles. The third-order valence-corrected chi connectivity index (χ3v) is 4.11. The van der Waals surface area contributed by atoms with Crippen molar-refractivity contribution in [1.29, 1.82) is 0 Å². The molecule has 5 heteroatoms. The number of aliphatic carboxylic acids is 1. The Kier molecular flexibility index (Phi) is 7.79. The van der Waals surface area contributed by atoms with E-state index in [1.54, 1.807) is 7.11 Å². The molecule has 0 radical (unpaired) electrons. The van der Waals surface area contributed by atoms with Crippen LogP contribution in [0.2, 0.25) is 0 Å². The molecule has 0 aromatic heterocycles. The van der Waals surface area contributed by atoms with Crippen molar-refractivity contribution in [2.45, 2.75) is 6.42 Å². The summed E-state index contributed by atoms with van der Waals surface area (Å²) in [5, 5.41) is 8.69. The summed E-state index contributed by atoms with van der Waals surface area (Å²) in [6.45, 7) is 4.23. The molecule has 0 aliphatic carbocycles. The van der Waals surface area contributed by atoms with E-state index < -0.39 is 5.97 Å². The molecule has 0 saturated carbocycles. The molecule has 134 valence electrons. The third-order valence-electron chi connectivity index (χ3n) is 4.11. The Hall–Kier alpha value is -2.53. The molecule has 0 bridgehead atoms.